The van der Waals surface area contributed by atoms with Crippen LogP contribution in [-0.2, 0) is 14.8 Å². The van der Waals surface area contributed by atoms with Crippen molar-refractivity contribution in [1.82, 2.24) is 10.6 Å². The zero-order valence-corrected chi connectivity index (χ0v) is 17.6. The van der Waals surface area contributed by atoms with E-state index >= 15 is 0 Å². The molecule has 0 aliphatic rings. The molecule has 0 fully saturated rings. The van der Waals surface area contributed by atoms with Gasteiger partial charge in [0.15, 0.2) is 11.6 Å². The fraction of sp³-hybridized carbons (Fsp3) is 0.0909. The highest BCUT2D eigenvalue weighted by Crippen LogP contribution is 2.20. The van der Waals surface area contributed by atoms with E-state index in [-0.39, 0.29) is 21.7 Å². The standard InChI is InChI=1S/C22H19F2N3O4S/c1-25-22(29)20(14-10-11-18(23)19(24)13-14)26-21(28)15-6-5-7-16(12-15)27-32(30,31)17-8-3-2-4-9-17/h2-13,20,27H,1H3,(H,25,29)(H,26,28). The van der Waals surface area contributed by atoms with Crippen molar-refractivity contribution in [3.05, 3.63) is 95.6 Å². The molecule has 166 valence electrons. The number of hydrogen-bond donors (Lipinski definition) is 3. The van der Waals surface area contributed by atoms with Gasteiger partial charge in [-0.25, -0.2) is 17.2 Å². The minimum Gasteiger partial charge on any atom is -0.357 e. The van der Waals surface area contributed by atoms with E-state index in [0.29, 0.717) is 0 Å². The number of likely N-dealkylation sites (N-methyl/N-ethyl adjacent to an activating group) is 1. The maximum absolute atomic E-state index is 13.6. The predicted molar refractivity (Wildman–Crippen MR) is 114 cm³/mol. The third-order valence-corrected chi connectivity index (χ3v) is 5.89. The molecule has 3 rings (SSSR count). The molecule has 0 radical (unpaired) electrons. The van der Waals surface area contributed by atoms with E-state index in [2.05, 4.69) is 15.4 Å². The quantitative estimate of drug-likeness (QED) is 0.505. The Morgan fingerprint density at radius 1 is 0.875 bits per heavy atom. The summed E-state index contributed by atoms with van der Waals surface area (Å²) in [7, 11) is -2.54. The van der Waals surface area contributed by atoms with Gasteiger partial charge in [0.1, 0.15) is 6.04 Å². The van der Waals surface area contributed by atoms with Crippen molar-refractivity contribution >= 4 is 27.5 Å². The fourth-order valence-electron chi connectivity index (χ4n) is 2.89. The van der Waals surface area contributed by atoms with Crippen LogP contribution in [0.5, 0.6) is 0 Å². The van der Waals surface area contributed by atoms with E-state index in [0.717, 1.165) is 12.1 Å². The number of hydrogen-bond acceptors (Lipinski definition) is 4. The molecule has 10 heteroatoms. The average Bonchev–Trinajstić information content (AvgIpc) is 2.79. The van der Waals surface area contributed by atoms with Crippen molar-refractivity contribution in [3.8, 4) is 0 Å². The maximum Gasteiger partial charge on any atom is 0.261 e. The molecule has 32 heavy (non-hydrogen) atoms. The number of benzene rings is 3. The average molecular weight is 459 g/mol. The van der Waals surface area contributed by atoms with Gasteiger partial charge in [0, 0.05) is 18.3 Å². The zero-order chi connectivity index (χ0) is 23.3. The number of halogens is 2. The summed E-state index contributed by atoms with van der Waals surface area (Å²) in [6.07, 6.45) is 0. The Bertz CT molecular complexity index is 1250. The lowest BCUT2D eigenvalue weighted by atomic mass is 10.0. The van der Waals surface area contributed by atoms with Gasteiger partial charge in [0.25, 0.3) is 15.9 Å². The molecule has 0 spiro atoms. The highest BCUT2D eigenvalue weighted by Gasteiger charge is 2.24. The van der Waals surface area contributed by atoms with Crippen molar-refractivity contribution in [2.45, 2.75) is 10.9 Å². The first-order chi connectivity index (χ1) is 15.2. The molecule has 0 heterocycles. The Morgan fingerprint density at radius 2 is 1.59 bits per heavy atom. The van der Waals surface area contributed by atoms with Crippen molar-refractivity contribution < 1.29 is 26.8 Å². The molecule has 0 aromatic heterocycles. The first-order valence-electron chi connectivity index (χ1n) is 9.36. The molecule has 3 aromatic carbocycles. The lowest BCUT2D eigenvalue weighted by Gasteiger charge is -2.18. The molecule has 0 saturated heterocycles. The van der Waals surface area contributed by atoms with Gasteiger partial charge in [-0.05, 0) is 48.0 Å². The third kappa shape index (κ3) is 5.27. The van der Waals surface area contributed by atoms with Crippen molar-refractivity contribution in [1.29, 1.82) is 0 Å². The first-order valence-corrected chi connectivity index (χ1v) is 10.8. The summed E-state index contributed by atoms with van der Waals surface area (Å²) in [6.45, 7) is 0. The molecule has 1 atom stereocenters. The van der Waals surface area contributed by atoms with E-state index in [1.54, 1.807) is 18.2 Å². The Balaban J connectivity index is 1.83. The molecular weight excluding hydrogens is 440 g/mol. The van der Waals surface area contributed by atoms with Crippen molar-refractivity contribution in [3.63, 3.8) is 0 Å². The largest absolute Gasteiger partial charge is 0.357 e. The SMILES string of the molecule is CNC(=O)C(NC(=O)c1cccc(NS(=O)(=O)c2ccccc2)c1)c1ccc(F)c(F)c1. The van der Waals surface area contributed by atoms with Crippen LogP contribution < -0.4 is 15.4 Å². The van der Waals surface area contributed by atoms with Gasteiger partial charge in [-0.3, -0.25) is 14.3 Å². The lowest BCUT2D eigenvalue weighted by Crippen LogP contribution is -2.39. The number of carbonyl (C=O) groups is 2. The normalized spacial score (nSPS) is 12.0. The monoisotopic (exact) mass is 459 g/mol. The predicted octanol–water partition coefficient (Wildman–Crippen LogP) is 2.98. The summed E-state index contributed by atoms with van der Waals surface area (Å²) in [4.78, 5) is 25.1. The molecular formula is C22H19F2N3O4S. The Kier molecular flexibility index (Phi) is 6.84. The Labute approximate surface area is 183 Å². The minimum atomic E-state index is -3.87. The Hall–Kier alpha value is -3.79. The number of amides is 2. The van der Waals surface area contributed by atoms with Crippen LogP contribution in [0.3, 0.4) is 0 Å². The summed E-state index contributed by atoms with van der Waals surface area (Å²) in [5.41, 5.74) is 0.220. The van der Waals surface area contributed by atoms with Crippen LogP contribution in [-0.4, -0.2) is 27.3 Å². The summed E-state index contributed by atoms with van der Waals surface area (Å²) in [6, 6.07) is 14.9. The first kappa shape index (κ1) is 22.9. The van der Waals surface area contributed by atoms with Gasteiger partial charge in [0.2, 0.25) is 5.91 Å². The lowest BCUT2D eigenvalue weighted by molar-refractivity contribution is -0.122. The second-order valence-corrected chi connectivity index (χ2v) is 8.38. The molecule has 3 aromatic rings. The van der Waals surface area contributed by atoms with Crippen LogP contribution >= 0.6 is 0 Å². The molecule has 2 amide bonds. The topological polar surface area (TPSA) is 104 Å². The Morgan fingerprint density at radius 3 is 2.25 bits per heavy atom. The van der Waals surface area contributed by atoms with E-state index in [1.807, 2.05) is 0 Å². The summed E-state index contributed by atoms with van der Waals surface area (Å²) < 4.78 is 54.3. The van der Waals surface area contributed by atoms with Crippen LogP contribution in [0.2, 0.25) is 0 Å². The number of nitrogens with one attached hydrogen (secondary N) is 3. The fourth-order valence-corrected chi connectivity index (χ4v) is 3.96. The van der Waals surface area contributed by atoms with Crippen LogP contribution in [0, 0.1) is 11.6 Å². The van der Waals surface area contributed by atoms with Crippen LogP contribution in [0.4, 0.5) is 14.5 Å². The van der Waals surface area contributed by atoms with Crippen LogP contribution in [0.1, 0.15) is 22.0 Å². The zero-order valence-electron chi connectivity index (χ0n) is 16.8. The number of carbonyl (C=O) groups excluding carboxylic acids is 2. The number of sulfonamides is 1. The highest BCUT2D eigenvalue weighted by atomic mass is 32.2. The summed E-state index contributed by atoms with van der Waals surface area (Å²) >= 11 is 0. The van der Waals surface area contributed by atoms with E-state index < -0.39 is 39.5 Å². The second kappa shape index (κ2) is 9.56. The number of anilines is 1. The van der Waals surface area contributed by atoms with Crippen molar-refractivity contribution in [2.75, 3.05) is 11.8 Å². The smallest absolute Gasteiger partial charge is 0.261 e. The van der Waals surface area contributed by atoms with Gasteiger partial charge in [0.05, 0.1) is 4.90 Å². The molecule has 0 aliphatic carbocycles. The van der Waals surface area contributed by atoms with Gasteiger partial charge >= 0.3 is 0 Å². The third-order valence-electron chi connectivity index (χ3n) is 4.49. The van der Waals surface area contributed by atoms with E-state index in [4.69, 9.17) is 0 Å². The van der Waals surface area contributed by atoms with E-state index in [1.165, 1.54) is 49.5 Å². The molecule has 0 bridgehead atoms. The van der Waals surface area contributed by atoms with Gasteiger partial charge in [-0.15, -0.1) is 0 Å². The van der Waals surface area contributed by atoms with Gasteiger partial charge in [-0.2, -0.15) is 0 Å². The summed E-state index contributed by atoms with van der Waals surface area (Å²) in [5, 5.41) is 4.80. The van der Waals surface area contributed by atoms with Crippen LogP contribution in [0.25, 0.3) is 0 Å². The molecule has 1 unspecified atom stereocenters. The van der Waals surface area contributed by atoms with Gasteiger partial charge in [-0.1, -0.05) is 30.3 Å². The maximum atomic E-state index is 13.6. The molecule has 3 N–H and O–H groups in total. The van der Waals surface area contributed by atoms with Gasteiger partial charge < -0.3 is 10.6 Å². The molecule has 7 nitrogen and oxygen atoms in total. The molecule has 0 aliphatic heterocycles. The highest BCUT2D eigenvalue weighted by molar-refractivity contribution is 7.92. The number of rotatable bonds is 7. The van der Waals surface area contributed by atoms with E-state index in [9.17, 15) is 26.8 Å². The summed E-state index contributed by atoms with van der Waals surface area (Å²) in [5.74, 6) is -3.62. The molecule has 0 saturated carbocycles. The van der Waals surface area contributed by atoms with Crippen molar-refractivity contribution in [2.24, 2.45) is 0 Å². The second-order valence-electron chi connectivity index (χ2n) is 6.69. The minimum absolute atomic E-state index is 0.0394. The van der Waals surface area contributed by atoms with Crippen LogP contribution in [0.15, 0.2) is 77.7 Å².